The van der Waals surface area contributed by atoms with Crippen LogP contribution in [0.2, 0.25) is 0 Å². The minimum atomic E-state index is 0.100. The molecule has 0 bridgehead atoms. The van der Waals surface area contributed by atoms with Crippen molar-refractivity contribution in [3.63, 3.8) is 0 Å². The fraction of sp³-hybridized carbons (Fsp3) is 0.889. The second-order valence-corrected chi connectivity index (χ2v) is 4.69. The second kappa shape index (κ2) is 4.33. The number of carbonyl (C=O) groups is 1. The Morgan fingerprint density at radius 3 is 2.69 bits per heavy atom. The predicted octanol–water partition coefficient (Wildman–Crippen LogP) is 0.661. The molecule has 0 unspecified atom stereocenters. The number of nitrogens with one attached hydrogen (secondary N) is 1. The summed E-state index contributed by atoms with van der Waals surface area (Å²) in [5, 5.41) is 3.23. The summed E-state index contributed by atoms with van der Waals surface area (Å²) in [5.74, 6) is 2.21. The summed E-state index contributed by atoms with van der Waals surface area (Å²) in [4.78, 5) is 13.9. The minimum Gasteiger partial charge on any atom is -0.341 e. The Labute approximate surface area is 83.2 Å². The van der Waals surface area contributed by atoms with E-state index in [1.807, 2.05) is 16.7 Å². The average molecular weight is 200 g/mol. The first-order chi connectivity index (χ1) is 6.38. The first-order valence-corrected chi connectivity index (χ1v) is 6.13. The van der Waals surface area contributed by atoms with Crippen LogP contribution in [0.1, 0.15) is 19.3 Å². The van der Waals surface area contributed by atoms with Crippen molar-refractivity contribution in [1.82, 2.24) is 10.2 Å². The molecule has 1 amide bonds. The van der Waals surface area contributed by atoms with Crippen molar-refractivity contribution >= 4 is 17.7 Å². The Hall–Kier alpha value is -0.220. The van der Waals surface area contributed by atoms with E-state index in [0.29, 0.717) is 5.91 Å². The summed E-state index contributed by atoms with van der Waals surface area (Å²) in [7, 11) is 0. The van der Waals surface area contributed by atoms with E-state index in [1.165, 1.54) is 19.3 Å². The zero-order chi connectivity index (χ0) is 9.10. The Morgan fingerprint density at radius 2 is 2.08 bits per heavy atom. The molecule has 2 saturated heterocycles. The van der Waals surface area contributed by atoms with Gasteiger partial charge in [0.1, 0.15) is 0 Å². The molecule has 0 aromatic carbocycles. The molecule has 4 heteroatoms. The lowest BCUT2D eigenvalue weighted by Crippen LogP contribution is -2.46. The molecular formula is C9H16N2OS. The van der Waals surface area contributed by atoms with Gasteiger partial charge in [-0.25, -0.2) is 0 Å². The molecule has 2 aliphatic heterocycles. The number of hydrogen-bond donors (Lipinski definition) is 1. The zero-order valence-corrected chi connectivity index (χ0v) is 8.61. The molecule has 0 saturated carbocycles. The summed E-state index contributed by atoms with van der Waals surface area (Å²) >= 11 is 1.82. The minimum absolute atomic E-state index is 0.100. The van der Waals surface area contributed by atoms with Gasteiger partial charge in [-0.3, -0.25) is 10.1 Å². The highest BCUT2D eigenvalue weighted by Crippen LogP contribution is 2.15. The van der Waals surface area contributed by atoms with E-state index in [2.05, 4.69) is 5.32 Å². The first-order valence-electron chi connectivity index (χ1n) is 4.98. The van der Waals surface area contributed by atoms with E-state index in [-0.39, 0.29) is 6.04 Å². The monoisotopic (exact) mass is 200 g/mol. The van der Waals surface area contributed by atoms with Crippen molar-refractivity contribution in [3.8, 4) is 0 Å². The van der Waals surface area contributed by atoms with Gasteiger partial charge >= 0.3 is 0 Å². The van der Waals surface area contributed by atoms with Crippen molar-refractivity contribution < 1.29 is 4.79 Å². The van der Waals surface area contributed by atoms with Crippen molar-refractivity contribution in [2.45, 2.75) is 25.3 Å². The van der Waals surface area contributed by atoms with Crippen LogP contribution >= 0.6 is 11.8 Å². The first kappa shape index (κ1) is 9.34. The highest BCUT2D eigenvalue weighted by atomic mass is 32.2. The predicted molar refractivity (Wildman–Crippen MR) is 54.7 cm³/mol. The molecule has 1 atom stereocenters. The highest BCUT2D eigenvalue weighted by molar-refractivity contribution is 7.99. The third kappa shape index (κ3) is 2.17. The molecule has 0 spiro atoms. The Balaban J connectivity index is 1.87. The molecule has 0 aromatic heterocycles. The van der Waals surface area contributed by atoms with E-state index in [4.69, 9.17) is 0 Å². The molecule has 1 N–H and O–H groups in total. The van der Waals surface area contributed by atoms with Gasteiger partial charge in [0.15, 0.2) is 0 Å². The van der Waals surface area contributed by atoms with Gasteiger partial charge in [-0.05, 0) is 19.3 Å². The fourth-order valence-electron chi connectivity index (χ4n) is 1.89. The van der Waals surface area contributed by atoms with Crippen LogP contribution in [-0.2, 0) is 4.79 Å². The lowest BCUT2D eigenvalue weighted by Gasteiger charge is -2.28. The van der Waals surface area contributed by atoms with Crippen LogP contribution in [0.15, 0.2) is 0 Å². The van der Waals surface area contributed by atoms with Crippen LogP contribution in [0, 0.1) is 0 Å². The molecule has 74 valence electrons. The zero-order valence-electron chi connectivity index (χ0n) is 7.79. The molecule has 0 radical (unpaired) electrons. The summed E-state index contributed by atoms with van der Waals surface area (Å²) in [6, 6.07) is 0.100. The maximum absolute atomic E-state index is 11.9. The quantitative estimate of drug-likeness (QED) is 0.675. The number of nitrogens with zero attached hydrogens (tertiary/aromatic N) is 1. The molecule has 2 rings (SSSR count). The molecule has 0 aromatic rings. The number of thioether (sulfide) groups is 1. The van der Waals surface area contributed by atoms with E-state index in [1.54, 1.807) is 0 Å². The fourth-order valence-corrected chi connectivity index (χ4v) is 2.82. The van der Waals surface area contributed by atoms with Crippen LogP contribution in [0.25, 0.3) is 0 Å². The molecule has 3 nitrogen and oxygen atoms in total. The van der Waals surface area contributed by atoms with E-state index in [0.717, 1.165) is 24.7 Å². The SMILES string of the molecule is O=C([C@H]1CSCN1)N1CCCCC1. The summed E-state index contributed by atoms with van der Waals surface area (Å²) < 4.78 is 0. The molecule has 0 aliphatic carbocycles. The number of amides is 1. The van der Waals surface area contributed by atoms with E-state index >= 15 is 0 Å². The van der Waals surface area contributed by atoms with Crippen molar-refractivity contribution in [2.75, 3.05) is 24.7 Å². The third-order valence-corrected chi connectivity index (χ3v) is 3.62. The number of piperidine rings is 1. The number of likely N-dealkylation sites (tertiary alicyclic amines) is 1. The van der Waals surface area contributed by atoms with Gasteiger partial charge in [0.05, 0.1) is 6.04 Å². The van der Waals surface area contributed by atoms with Crippen molar-refractivity contribution in [2.24, 2.45) is 0 Å². The number of rotatable bonds is 1. The van der Waals surface area contributed by atoms with Gasteiger partial charge in [-0.15, -0.1) is 11.8 Å². The van der Waals surface area contributed by atoms with Gasteiger partial charge in [-0.1, -0.05) is 0 Å². The molecule has 2 heterocycles. The van der Waals surface area contributed by atoms with Crippen LogP contribution in [0.3, 0.4) is 0 Å². The molecule has 13 heavy (non-hydrogen) atoms. The lowest BCUT2D eigenvalue weighted by atomic mass is 10.1. The van der Waals surface area contributed by atoms with Crippen LogP contribution in [-0.4, -0.2) is 41.6 Å². The standard InChI is InChI=1S/C9H16N2OS/c12-9(8-6-13-7-10-8)11-4-2-1-3-5-11/h8,10H,1-7H2/t8-/m1/s1. The Morgan fingerprint density at radius 1 is 1.31 bits per heavy atom. The summed E-state index contributed by atoms with van der Waals surface area (Å²) in [6.07, 6.45) is 3.66. The maximum Gasteiger partial charge on any atom is 0.240 e. The van der Waals surface area contributed by atoms with Gasteiger partial charge < -0.3 is 4.90 Å². The summed E-state index contributed by atoms with van der Waals surface area (Å²) in [5.41, 5.74) is 0. The molecular weight excluding hydrogens is 184 g/mol. The third-order valence-electron chi connectivity index (χ3n) is 2.68. The lowest BCUT2D eigenvalue weighted by molar-refractivity contribution is -0.133. The van der Waals surface area contributed by atoms with Crippen LogP contribution in [0.5, 0.6) is 0 Å². The second-order valence-electron chi connectivity index (χ2n) is 3.66. The van der Waals surface area contributed by atoms with Gasteiger partial charge in [0, 0.05) is 24.7 Å². The maximum atomic E-state index is 11.9. The molecule has 2 aliphatic rings. The van der Waals surface area contributed by atoms with Gasteiger partial charge in [-0.2, -0.15) is 0 Å². The van der Waals surface area contributed by atoms with Crippen molar-refractivity contribution in [1.29, 1.82) is 0 Å². The van der Waals surface area contributed by atoms with Crippen molar-refractivity contribution in [3.05, 3.63) is 0 Å². The topological polar surface area (TPSA) is 32.3 Å². The normalized spacial score (nSPS) is 29.2. The molecule has 2 fully saturated rings. The van der Waals surface area contributed by atoms with Crippen LogP contribution in [0.4, 0.5) is 0 Å². The number of hydrogen-bond acceptors (Lipinski definition) is 3. The van der Waals surface area contributed by atoms with Crippen LogP contribution < -0.4 is 5.32 Å². The Bertz CT molecular complexity index is 186. The highest BCUT2D eigenvalue weighted by Gasteiger charge is 2.27. The van der Waals surface area contributed by atoms with E-state index < -0.39 is 0 Å². The largest absolute Gasteiger partial charge is 0.341 e. The van der Waals surface area contributed by atoms with Gasteiger partial charge in [0.2, 0.25) is 5.91 Å². The number of carbonyl (C=O) groups excluding carboxylic acids is 1. The average Bonchev–Trinajstić information content (AvgIpc) is 2.71. The van der Waals surface area contributed by atoms with E-state index in [9.17, 15) is 4.79 Å². The Kier molecular flexibility index (Phi) is 3.11. The smallest absolute Gasteiger partial charge is 0.240 e. The van der Waals surface area contributed by atoms with Gasteiger partial charge in [0.25, 0.3) is 0 Å². The summed E-state index contributed by atoms with van der Waals surface area (Å²) in [6.45, 7) is 1.95.